The van der Waals surface area contributed by atoms with Crippen molar-refractivity contribution in [2.45, 2.75) is 6.54 Å². The van der Waals surface area contributed by atoms with Crippen LogP contribution in [0.5, 0.6) is 0 Å². The summed E-state index contributed by atoms with van der Waals surface area (Å²) in [7, 11) is 3.48. The van der Waals surface area contributed by atoms with Crippen molar-refractivity contribution in [2.75, 3.05) is 14.1 Å². The molecule has 0 aliphatic heterocycles. The Morgan fingerprint density at radius 1 is 1.15 bits per heavy atom. The molecule has 0 fully saturated rings. The number of nitrogens with zero attached hydrogens (tertiary/aromatic N) is 4. The van der Waals surface area contributed by atoms with Crippen LogP contribution in [0.3, 0.4) is 0 Å². The van der Waals surface area contributed by atoms with Crippen LogP contribution in [0.15, 0.2) is 65.4 Å². The van der Waals surface area contributed by atoms with E-state index in [1.54, 1.807) is 36.1 Å². The summed E-state index contributed by atoms with van der Waals surface area (Å²) < 4.78 is 7.18. The number of rotatable bonds is 4. The molecule has 0 bridgehead atoms. The maximum absolute atomic E-state index is 12.7. The second-order valence-corrected chi connectivity index (χ2v) is 6.24. The van der Waals surface area contributed by atoms with E-state index in [-0.39, 0.29) is 5.91 Å². The van der Waals surface area contributed by atoms with Gasteiger partial charge in [0.05, 0.1) is 29.1 Å². The molecule has 0 aliphatic rings. The van der Waals surface area contributed by atoms with Crippen molar-refractivity contribution in [3.05, 3.63) is 72.3 Å². The highest BCUT2D eigenvalue weighted by Crippen LogP contribution is 2.26. The molecule has 0 aliphatic carbocycles. The van der Waals surface area contributed by atoms with Crippen molar-refractivity contribution in [3.8, 4) is 11.3 Å². The van der Waals surface area contributed by atoms with E-state index in [0.717, 1.165) is 22.4 Å². The van der Waals surface area contributed by atoms with Gasteiger partial charge in [-0.1, -0.05) is 30.3 Å². The lowest BCUT2D eigenvalue weighted by Crippen LogP contribution is -2.22. The predicted octanol–water partition coefficient (Wildman–Crippen LogP) is 3.44. The number of pyridine rings is 1. The summed E-state index contributed by atoms with van der Waals surface area (Å²) in [5, 5.41) is 5.16. The fourth-order valence-corrected chi connectivity index (χ4v) is 2.89. The van der Waals surface area contributed by atoms with Crippen molar-refractivity contribution in [1.29, 1.82) is 0 Å². The Hall–Kier alpha value is -3.41. The first-order valence-corrected chi connectivity index (χ1v) is 8.29. The van der Waals surface area contributed by atoms with Crippen molar-refractivity contribution in [2.24, 2.45) is 0 Å². The van der Waals surface area contributed by atoms with E-state index >= 15 is 0 Å². The summed E-state index contributed by atoms with van der Waals surface area (Å²) in [5.74, 6) is 0.703. The van der Waals surface area contributed by atoms with Gasteiger partial charge in [0.2, 0.25) is 0 Å². The highest BCUT2D eigenvalue weighted by molar-refractivity contribution is 6.06. The van der Waals surface area contributed by atoms with E-state index in [4.69, 9.17) is 9.40 Å². The van der Waals surface area contributed by atoms with Gasteiger partial charge in [0.15, 0.2) is 5.65 Å². The van der Waals surface area contributed by atoms with Gasteiger partial charge in [-0.2, -0.15) is 5.10 Å². The van der Waals surface area contributed by atoms with Crippen LogP contribution in [0.2, 0.25) is 0 Å². The van der Waals surface area contributed by atoms with E-state index in [2.05, 4.69) is 5.10 Å². The fourth-order valence-electron chi connectivity index (χ4n) is 2.89. The lowest BCUT2D eigenvalue weighted by atomic mass is 10.1. The smallest absolute Gasteiger partial charge is 0.254 e. The molecule has 0 atom stereocenters. The van der Waals surface area contributed by atoms with Crippen LogP contribution in [-0.2, 0) is 6.54 Å². The first-order chi connectivity index (χ1) is 12.6. The maximum atomic E-state index is 12.7. The second-order valence-electron chi connectivity index (χ2n) is 6.24. The molecule has 3 heterocycles. The molecule has 0 saturated heterocycles. The van der Waals surface area contributed by atoms with Crippen LogP contribution in [-0.4, -0.2) is 39.7 Å². The molecular formula is C20H18N4O2. The Labute approximate surface area is 150 Å². The van der Waals surface area contributed by atoms with Gasteiger partial charge in [0.25, 0.3) is 5.91 Å². The molecule has 3 aromatic heterocycles. The molecule has 1 amide bonds. The van der Waals surface area contributed by atoms with E-state index < -0.39 is 0 Å². The van der Waals surface area contributed by atoms with E-state index in [1.165, 1.54) is 0 Å². The lowest BCUT2D eigenvalue weighted by molar-refractivity contribution is 0.0829. The molecule has 1 aromatic carbocycles. The molecule has 4 aromatic rings. The van der Waals surface area contributed by atoms with Gasteiger partial charge in [-0.15, -0.1) is 0 Å². The molecule has 6 heteroatoms. The zero-order chi connectivity index (χ0) is 18.1. The molecule has 0 N–H and O–H groups in total. The summed E-state index contributed by atoms with van der Waals surface area (Å²) in [6.45, 7) is 0.456. The van der Waals surface area contributed by atoms with Crippen LogP contribution in [0.25, 0.3) is 22.3 Å². The standard InChI is InChI=1S/C20H18N4O2/c1-23(2)20(25)16-11-18(14-7-4-3-5-8-14)22-19-17(16)12-21-24(19)13-15-9-6-10-26-15/h3-12H,13H2,1-2H3. The minimum Gasteiger partial charge on any atom is -0.467 e. The Morgan fingerprint density at radius 2 is 1.96 bits per heavy atom. The van der Waals surface area contributed by atoms with Gasteiger partial charge < -0.3 is 9.32 Å². The van der Waals surface area contributed by atoms with Crippen LogP contribution in [0, 0.1) is 0 Å². The number of amides is 1. The van der Waals surface area contributed by atoms with Gasteiger partial charge in [0, 0.05) is 19.7 Å². The molecule has 6 nitrogen and oxygen atoms in total. The summed E-state index contributed by atoms with van der Waals surface area (Å²) in [5.41, 5.74) is 2.94. The van der Waals surface area contributed by atoms with Crippen molar-refractivity contribution in [3.63, 3.8) is 0 Å². The van der Waals surface area contributed by atoms with Crippen LogP contribution < -0.4 is 0 Å². The van der Waals surface area contributed by atoms with Gasteiger partial charge >= 0.3 is 0 Å². The number of hydrogen-bond donors (Lipinski definition) is 0. The third-order valence-corrected chi connectivity index (χ3v) is 4.20. The first-order valence-electron chi connectivity index (χ1n) is 8.29. The number of aromatic nitrogens is 3. The average molecular weight is 346 g/mol. The van der Waals surface area contributed by atoms with Crippen molar-refractivity contribution in [1.82, 2.24) is 19.7 Å². The van der Waals surface area contributed by atoms with Gasteiger partial charge in [-0.25, -0.2) is 9.67 Å². The largest absolute Gasteiger partial charge is 0.467 e. The SMILES string of the molecule is CN(C)C(=O)c1cc(-c2ccccc2)nc2c1cnn2Cc1ccco1. The van der Waals surface area contributed by atoms with Crippen LogP contribution in [0.4, 0.5) is 0 Å². The lowest BCUT2D eigenvalue weighted by Gasteiger charge is -2.13. The third kappa shape index (κ3) is 2.86. The highest BCUT2D eigenvalue weighted by Gasteiger charge is 2.19. The Morgan fingerprint density at radius 3 is 2.65 bits per heavy atom. The first kappa shape index (κ1) is 16.1. The van der Waals surface area contributed by atoms with Gasteiger partial charge in [0.1, 0.15) is 12.3 Å². The number of carbonyl (C=O) groups is 1. The minimum absolute atomic E-state index is 0.0767. The normalized spacial score (nSPS) is 11.0. The minimum atomic E-state index is -0.0767. The monoisotopic (exact) mass is 346 g/mol. The fraction of sp³-hybridized carbons (Fsp3) is 0.150. The summed E-state index contributed by atoms with van der Waals surface area (Å²) in [4.78, 5) is 19.1. The molecule has 0 radical (unpaired) electrons. The Balaban J connectivity index is 1.91. The Bertz CT molecular complexity index is 1050. The molecule has 4 rings (SSSR count). The van der Waals surface area contributed by atoms with E-state index in [9.17, 15) is 4.79 Å². The molecular weight excluding hydrogens is 328 g/mol. The highest BCUT2D eigenvalue weighted by atomic mass is 16.3. The van der Waals surface area contributed by atoms with Crippen molar-refractivity contribution < 1.29 is 9.21 Å². The predicted molar refractivity (Wildman–Crippen MR) is 98.8 cm³/mol. The number of fused-ring (bicyclic) bond motifs is 1. The molecule has 130 valence electrons. The van der Waals surface area contributed by atoms with Gasteiger partial charge in [-0.3, -0.25) is 4.79 Å². The van der Waals surface area contributed by atoms with E-state index in [1.807, 2.05) is 48.5 Å². The number of carbonyl (C=O) groups excluding carboxylic acids is 1. The topological polar surface area (TPSA) is 64.2 Å². The summed E-state index contributed by atoms with van der Waals surface area (Å²) in [6, 6.07) is 15.4. The number of benzene rings is 1. The summed E-state index contributed by atoms with van der Waals surface area (Å²) >= 11 is 0. The quantitative estimate of drug-likeness (QED) is 0.568. The van der Waals surface area contributed by atoms with Crippen molar-refractivity contribution >= 4 is 16.9 Å². The second kappa shape index (κ2) is 6.48. The Kier molecular flexibility index (Phi) is 4.01. The summed E-state index contributed by atoms with van der Waals surface area (Å²) in [6.07, 6.45) is 3.32. The molecule has 0 saturated carbocycles. The molecule has 0 unspecified atom stereocenters. The zero-order valence-electron chi connectivity index (χ0n) is 14.6. The van der Waals surface area contributed by atoms with Crippen LogP contribution in [0.1, 0.15) is 16.1 Å². The average Bonchev–Trinajstić information content (AvgIpc) is 3.31. The van der Waals surface area contributed by atoms with E-state index in [0.29, 0.717) is 17.8 Å². The van der Waals surface area contributed by atoms with Crippen LogP contribution >= 0.6 is 0 Å². The zero-order valence-corrected chi connectivity index (χ0v) is 14.6. The molecule has 0 spiro atoms. The maximum Gasteiger partial charge on any atom is 0.254 e. The van der Waals surface area contributed by atoms with Gasteiger partial charge in [-0.05, 0) is 18.2 Å². The molecule has 26 heavy (non-hydrogen) atoms. The number of hydrogen-bond acceptors (Lipinski definition) is 4. The third-order valence-electron chi connectivity index (χ3n) is 4.20. The number of furan rings is 1.